The van der Waals surface area contributed by atoms with Crippen LogP contribution in [-0.2, 0) is 17.8 Å². The smallest absolute Gasteiger partial charge is 0.226 e. The van der Waals surface area contributed by atoms with Gasteiger partial charge in [0, 0.05) is 27.5 Å². The minimum atomic E-state index is -0.0737. The SMILES string of the molecule is O=C(Cc1csc(-c2cccc(Br)c2)n1)NCc1cccc2c1OCCO2. The van der Waals surface area contributed by atoms with Crippen molar-refractivity contribution in [3.8, 4) is 22.1 Å². The van der Waals surface area contributed by atoms with Crippen LogP contribution in [0.3, 0.4) is 0 Å². The highest BCUT2D eigenvalue weighted by atomic mass is 79.9. The number of para-hydroxylation sites is 1. The molecule has 0 bridgehead atoms. The second kappa shape index (κ2) is 8.10. The van der Waals surface area contributed by atoms with Crippen molar-refractivity contribution in [2.24, 2.45) is 0 Å². The van der Waals surface area contributed by atoms with Gasteiger partial charge in [-0.25, -0.2) is 4.98 Å². The molecule has 1 amide bonds. The van der Waals surface area contributed by atoms with Crippen molar-refractivity contribution >= 4 is 33.2 Å². The van der Waals surface area contributed by atoms with E-state index < -0.39 is 0 Å². The number of aromatic nitrogens is 1. The monoisotopic (exact) mass is 444 g/mol. The van der Waals surface area contributed by atoms with E-state index in [0.717, 1.165) is 37.8 Å². The van der Waals surface area contributed by atoms with Gasteiger partial charge in [-0.05, 0) is 18.2 Å². The van der Waals surface area contributed by atoms with Crippen LogP contribution in [-0.4, -0.2) is 24.1 Å². The summed E-state index contributed by atoms with van der Waals surface area (Å²) in [4.78, 5) is 16.9. The highest BCUT2D eigenvalue weighted by Crippen LogP contribution is 2.33. The number of benzene rings is 2. The van der Waals surface area contributed by atoms with Gasteiger partial charge in [-0.1, -0.05) is 40.2 Å². The number of carbonyl (C=O) groups excluding carboxylic acids is 1. The van der Waals surface area contributed by atoms with E-state index in [0.29, 0.717) is 19.8 Å². The Morgan fingerprint density at radius 3 is 2.93 bits per heavy atom. The van der Waals surface area contributed by atoms with Crippen molar-refractivity contribution in [1.82, 2.24) is 10.3 Å². The van der Waals surface area contributed by atoms with E-state index in [1.165, 1.54) is 11.3 Å². The zero-order valence-electron chi connectivity index (χ0n) is 14.4. The Bertz CT molecular complexity index is 973. The summed E-state index contributed by atoms with van der Waals surface area (Å²) in [6.07, 6.45) is 0.247. The Hall–Kier alpha value is -2.38. The van der Waals surface area contributed by atoms with Gasteiger partial charge in [-0.3, -0.25) is 4.79 Å². The van der Waals surface area contributed by atoms with Gasteiger partial charge in [0.1, 0.15) is 18.2 Å². The fourth-order valence-corrected chi connectivity index (χ4v) is 4.05. The molecule has 1 aliphatic rings. The normalized spacial score (nSPS) is 12.6. The average Bonchev–Trinajstić information content (AvgIpc) is 3.15. The lowest BCUT2D eigenvalue weighted by atomic mass is 10.1. The number of ether oxygens (including phenoxy) is 2. The summed E-state index contributed by atoms with van der Waals surface area (Å²) in [7, 11) is 0. The van der Waals surface area contributed by atoms with Gasteiger partial charge >= 0.3 is 0 Å². The van der Waals surface area contributed by atoms with Crippen LogP contribution >= 0.6 is 27.3 Å². The van der Waals surface area contributed by atoms with Gasteiger partial charge < -0.3 is 14.8 Å². The van der Waals surface area contributed by atoms with Crippen LogP contribution in [0.5, 0.6) is 11.5 Å². The predicted octanol–water partition coefficient (Wildman–Crippen LogP) is 4.20. The predicted molar refractivity (Wildman–Crippen MR) is 108 cm³/mol. The molecule has 5 nitrogen and oxygen atoms in total. The summed E-state index contributed by atoms with van der Waals surface area (Å²) in [5.41, 5.74) is 2.71. The summed E-state index contributed by atoms with van der Waals surface area (Å²) in [5, 5.41) is 5.77. The fraction of sp³-hybridized carbons (Fsp3) is 0.200. The Kier molecular flexibility index (Phi) is 5.40. The van der Waals surface area contributed by atoms with Crippen molar-refractivity contribution in [1.29, 1.82) is 0 Å². The van der Waals surface area contributed by atoms with Crippen LogP contribution in [0.15, 0.2) is 52.3 Å². The summed E-state index contributed by atoms with van der Waals surface area (Å²) in [6, 6.07) is 13.7. The molecule has 0 saturated carbocycles. The molecule has 2 aromatic carbocycles. The van der Waals surface area contributed by atoms with E-state index in [1.54, 1.807) is 0 Å². The molecule has 0 radical (unpaired) electrons. The first-order valence-electron chi connectivity index (χ1n) is 8.53. The summed E-state index contributed by atoms with van der Waals surface area (Å²) in [6.45, 7) is 1.47. The van der Waals surface area contributed by atoms with E-state index in [9.17, 15) is 4.79 Å². The van der Waals surface area contributed by atoms with Crippen molar-refractivity contribution in [3.05, 3.63) is 63.6 Å². The molecule has 1 aliphatic heterocycles. The fourth-order valence-electron chi connectivity index (χ4n) is 2.84. The first kappa shape index (κ1) is 18.0. The summed E-state index contributed by atoms with van der Waals surface area (Å²) < 4.78 is 12.3. The highest BCUT2D eigenvalue weighted by Gasteiger charge is 2.16. The van der Waals surface area contributed by atoms with Crippen LogP contribution in [0.4, 0.5) is 0 Å². The number of nitrogens with zero attached hydrogens (tertiary/aromatic N) is 1. The number of thiazole rings is 1. The Morgan fingerprint density at radius 2 is 2.04 bits per heavy atom. The van der Waals surface area contributed by atoms with Crippen molar-refractivity contribution in [2.75, 3.05) is 13.2 Å². The first-order chi connectivity index (χ1) is 13.2. The van der Waals surface area contributed by atoms with Crippen LogP contribution in [0, 0.1) is 0 Å². The van der Waals surface area contributed by atoms with E-state index >= 15 is 0 Å². The molecule has 2 heterocycles. The lowest BCUT2D eigenvalue weighted by molar-refractivity contribution is -0.120. The maximum atomic E-state index is 12.3. The van der Waals surface area contributed by atoms with Crippen molar-refractivity contribution in [3.63, 3.8) is 0 Å². The molecule has 0 saturated heterocycles. The molecule has 7 heteroatoms. The molecular formula is C20H17BrN2O3S. The quantitative estimate of drug-likeness (QED) is 0.640. The Morgan fingerprint density at radius 1 is 1.19 bits per heavy atom. The third-order valence-electron chi connectivity index (χ3n) is 4.09. The van der Waals surface area contributed by atoms with Gasteiger partial charge in [-0.2, -0.15) is 0 Å². The molecule has 1 aromatic heterocycles. The Balaban J connectivity index is 1.38. The van der Waals surface area contributed by atoms with Gasteiger partial charge in [-0.15, -0.1) is 11.3 Å². The van der Waals surface area contributed by atoms with E-state index in [4.69, 9.17) is 9.47 Å². The molecular weight excluding hydrogens is 428 g/mol. The molecule has 3 aromatic rings. The lowest BCUT2D eigenvalue weighted by Crippen LogP contribution is -2.25. The standard InChI is InChI=1S/C20H17BrN2O3S/c21-15-5-1-3-13(9-15)20-23-16(12-27-20)10-18(24)22-11-14-4-2-6-17-19(14)26-8-7-25-17/h1-6,9,12H,7-8,10-11H2,(H,22,24). The minimum absolute atomic E-state index is 0.0737. The zero-order chi connectivity index (χ0) is 18.6. The number of hydrogen-bond acceptors (Lipinski definition) is 5. The molecule has 1 N–H and O–H groups in total. The summed E-state index contributed by atoms with van der Waals surface area (Å²) in [5.74, 6) is 1.37. The van der Waals surface area contributed by atoms with Crippen LogP contribution in [0.2, 0.25) is 0 Å². The van der Waals surface area contributed by atoms with Gasteiger partial charge in [0.2, 0.25) is 5.91 Å². The number of rotatable bonds is 5. The molecule has 0 aliphatic carbocycles. The number of carbonyl (C=O) groups is 1. The maximum absolute atomic E-state index is 12.3. The highest BCUT2D eigenvalue weighted by molar-refractivity contribution is 9.10. The van der Waals surface area contributed by atoms with Gasteiger partial charge in [0.15, 0.2) is 11.5 Å². The number of amides is 1. The average molecular weight is 445 g/mol. The zero-order valence-corrected chi connectivity index (χ0v) is 16.8. The van der Waals surface area contributed by atoms with E-state index in [-0.39, 0.29) is 12.3 Å². The molecule has 4 rings (SSSR count). The molecule has 0 atom stereocenters. The third-order valence-corrected chi connectivity index (χ3v) is 5.52. The van der Waals surface area contributed by atoms with Crippen LogP contribution in [0.1, 0.15) is 11.3 Å². The maximum Gasteiger partial charge on any atom is 0.226 e. The number of halogens is 1. The van der Waals surface area contributed by atoms with Gasteiger partial charge in [0.05, 0.1) is 12.1 Å². The topological polar surface area (TPSA) is 60.5 Å². The van der Waals surface area contributed by atoms with E-state index in [1.807, 2.05) is 47.8 Å². The second-order valence-corrected chi connectivity index (χ2v) is 7.82. The number of fused-ring (bicyclic) bond motifs is 1. The van der Waals surface area contributed by atoms with Crippen molar-refractivity contribution < 1.29 is 14.3 Å². The Labute approximate surface area is 169 Å². The second-order valence-electron chi connectivity index (χ2n) is 6.05. The number of hydrogen-bond donors (Lipinski definition) is 1. The minimum Gasteiger partial charge on any atom is -0.486 e. The lowest BCUT2D eigenvalue weighted by Gasteiger charge is -2.21. The van der Waals surface area contributed by atoms with Gasteiger partial charge in [0.25, 0.3) is 0 Å². The summed E-state index contributed by atoms with van der Waals surface area (Å²) >= 11 is 5.01. The molecule has 0 spiro atoms. The molecule has 0 fully saturated rings. The van der Waals surface area contributed by atoms with Crippen molar-refractivity contribution in [2.45, 2.75) is 13.0 Å². The first-order valence-corrected chi connectivity index (χ1v) is 10.2. The molecule has 27 heavy (non-hydrogen) atoms. The van der Waals surface area contributed by atoms with E-state index in [2.05, 4.69) is 26.2 Å². The number of nitrogens with one attached hydrogen (secondary N) is 1. The largest absolute Gasteiger partial charge is 0.486 e. The van der Waals surface area contributed by atoms with Crippen LogP contribution in [0.25, 0.3) is 10.6 Å². The third kappa shape index (κ3) is 4.31. The molecule has 0 unspecified atom stereocenters. The molecule has 138 valence electrons. The van der Waals surface area contributed by atoms with Crippen LogP contribution < -0.4 is 14.8 Å².